The Balaban J connectivity index is 1.97. The Hall–Kier alpha value is -2.01. The number of aromatic nitrogens is 2. The minimum atomic E-state index is -0.323. The van der Waals surface area contributed by atoms with Crippen LogP contribution in [-0.2, 0) is 12.5 Å². The SMILES string of the molecule is Cn1ncc(NCCOc2ccccc2C(C)(C)C)c(Cl)c1=O. The summed E-state index contributed by atoms with van der Waals surface area (Å²) >= 11 is 6.00. The highest BCUT2D eigenvalue weighted by Gasteiger charge is 2.18. The van der Waals surface area contributed by atoms with Gasteiger partial charge in [0.1, 0.15) is 17.4 Å². The van der Waals surface area contributed by atoms with Gasteiger partial charge in [0.15, 0.2) is 0 Å². The van der Waals surface area contributed by atoms with E-state index in [-0.39, 0.29) is 16.0 Å². The maximum atomic E-state index is 11.7. The number of para-hydroxylation sites is 1. The minimum Gasteiger partial charge on any atom is -0.491 e. The van der Waals surface area contributed by atoms with Gasteiger partial charge in [-0.25, -0.2) is 4.68 Å². The number of nitrogens with zero attached hydrogens (tertiary/aromatic N) is 2. The molecule has 0 saturated heterocycles. The minimum absolute atomic E-state index is 0.0168. The van der Waals surface area contributed by atoms with Crippen molar-refractivity contribution in [1.29, 1.82) is 0 Å². The maximum Gasteiger partial charge on any atom is 0.287 e. The molecule has 0 aliphatic heterocycles. The highest BCUT2D eigenvalue weighted by Crippen LogP contribution is 2.30. The second-order valence-electron chi connectivity index (χ2n) is 6.32. The summed E-state index contributed by atoms with van der Waals surface area (Å²) in [7, 11) is 1.56. The zero-order valence-electron chi connectivity index (χ0n) is 13.9. The van der Waals surface area contributed by atoms with Crippen molar-refractivity contribution in [2.45, 2.75) is 26.2 Å². The molecule has 2 aromatic rings. The van der Waals surface area contributed by atoms with Gasteiger partial charge >= 0.3 is 0 Å². The lowest BCUT2D eigenvalue weighted by Crippen LogP contribution is -2.22. The average Bonchev–Trinajstić information content (AvgIpc) is 2.50. The van der Waals surface area contributed by atoms with Crippen LogP contribution in [0.5, 0.6) is 5.75 Å². The molecule has 0 fully saturated rings. The molecule has 2 rings (SSSR count). The van der Waals surface area contributed by atoms with E-state index in [2.05, 4.69) is 37.3 Å². The third-order valence-corrected chi connectivity index (χ3v) is 3.81. The largest absolute Gasteiger partial charge is 0.491 e. The molecule has 0 aliphatic rings. The van der Waals surface area contributed by atoms with Crippen LogP contribution in [0.15, 0.2) is 35.3 Å². The summed E-state index contributed by atoms with van der Waals surface area (Å²) in [5.74, 6) is 0.870. The predicted octanol–water partition coefficient (Wildman–Crippen LogP) is 3.22. The predicted molar refractivity (Wildman–Crippen MR) is 93.6 cm³/mol. The van der Waals surface area contributed by atoms with Crippen molar-refractivity contribution < 1.29 is 4.74 Å². The smallest absolute Gasteiger partial charge is 0.287 e. The molecule has 0 atom stereocenters. The Bertz CT molecular complexity index is 735. The van der Waals surface area contributed by atoms with Crippen LogP contribution >= 0.6 is 11.6 Å². The number of rotatable bonds is 5. The highest BCUT2D eigenvalue weighted by atomic mass is 35.5. The van der Waals surface area contributed by atoms with Gasteiger partial charge in [-0.05, 0) is 17.0 Å². The summed E-state index contributed by atoms with van der Waals surface area (Å²) in [6.07, 6.45) is 1.53. The second-order valence-corrected chi connectivity index (χ2v) is 6.70. The van der Waals surface area contributed by atoms with Gasteiger partial charge < -0.3 is 10.1 Å². The first-order valence-electron chi connectivity index (χ1n) is 7.48. The van der Waals surface area contributed by atoms with Gasteiger partial charge in [-0.15, -0.1) is 0 Å². The van der Waals surface area contributed by atoms with Gasteiger partial charge in [0.05, 0.1) is 11.9 Å². The van der Waals surface area contributed by atoms with E-state index in [1.54, 1.807) is 7.05 Å². The number of halogens is 1. The number of aryl methyl sites for hydroxylation is 1. The molecule has 0 bridgehead atoms. The first-order chi connectivity index (χ1) is 10.8. The number of anilines is 1. The molecule has 1 N–H and O–H groups in total. The van der Waals surface area contributed by atoms with Crippen LogP contribution in [-0.4, -0.2) is 22.9 Å². The second kappa shape index (κ2) is 7.04. The fourth-order valence-electron chi connectivity index (χ4n) is 2.19. The highest BCUT2D eigenvalue weighted by molar-refractivity contribution is 6.32. The summed E-state index contributed by atoms with van der Waals surface area (Å²) in [4.78, 5) is 11.7. The fourth-order valence-corrected chi connectivity index (χ4v) is 2.43. The number of ether oxygens (including phenoxy) is 1. The third kappa shape index (κ3) is 4.26. The van der Waals surface area contributed by atoms with Crippen LogP contribution in [0.3, 0.4) is 0 Å². The summed E-state index contributed by atoms with van der Waals surface area (Å²) in [6.45, 7) is 7.43. The molecule has 0 amide bonds. The van der Waals surface area contributed by atoms with Crippen molar-refractivity contribution in [1.82, 2.24) is 9.78 Å². The molecule has 5 nitrogen and oxygen atoms in total. The number of hydrogen-bond acceptors (Lipinski definition) is 4. The van der Waals surface area contributed by atoms with Crippen molar-refractivity contribution in [2.75, 3.05) is 18.5 Å². The molecule has 0 radical (unpaired) electrons. The molecule has 0 aliphatic carbocycles. The van der Waals surface area contributed by atoms with Gasteiger partial charge in [0.25, 0.3) is 5.56 Å². The fraction of sp³-hybridized carbons (Fsp3) is 0.412. The molecule has 23 heavy (non-hydrogen) atoms. The van der Waals surface area contributed by atoms with Gasteiger partial charge in [0, 0.05) is 13.6 Å². The van der Waals surface area contributed by atoms with Crippen LogP contribution in [0, 0.1) is 0 Å². The van der Waals surface area contributed by atoms with Crippen LogP contribution < -0.4 is 15.6 Å². The van der Waals surface area contributed by atoms with E-state index in [0.29, 0.717) is 18.8 Å². The first kappa shape index (κ1) is 17.3. The third-order valence-electron chi connectivity index (χ3n) is 3.45. The number of hydrogen-bond donors (Lipinski definition) is 1. The van der Waals surface area contributed by atoms with E-state index < -0.39 is 0 Å². The molecule has 0 unspecified atom stereocenters. The number of nitrogens with one attached hydrogen (secondary N) is 1. The van der Waals surface area contributed by atoms with E-state index >= 15 is 0 Å². The Morgan fingerprint density at radius 2 is 2.00 bits per heavy atom. The van der Waals surface area contributed by atoms with Gasteiger partial charge in [-0.1, -0.05) is 50.6 Å². The van der Waals surface area contributed by atoms with E-state index in [0.717, 1.165) is 11.3 Å². The standard InChI is InChI=1S/C17H22ClN3O2/c1-17(2,3)12-7-5-6-8-14(12)23-10-9-19-13-11-20-21(4)16(22)15(13)18/h5-8,11,19H,9-10H2,1-4H3. The molecule has 1 heterocycles. The van der Waals surface area contributed by atoms with E-state index in [1.807, 2.05) is 18.2 Å². The van der Waals surface area contributed by atoms with Crippen LogP contribution in [0.2, 0.25) is 5.02 Å². The summed E-state index contributed by atoms with van der Waals surface area (Å²) in [5.41, 5.74) is 1.37. The Kier molecular flexibility index (Phi) is 5.31. The average molecular weight is 336 g/mol. The summed E-state index contributed by atoms with van der Waals surface area (Å²) in [5, 5.41) is 7.15. The summed E-state index contributed by atoms with van der Waals surface area (Å²) in [6, 6.07) is 8.01. The molecule has 1 aromatic heterocycles. The zero-order chi connectivity index (χ0) is 17.0. The normalized spacial score (nSPS) is 11.3. The lowest BCUT2D eigenvalue weighted by molar-refractivity contribution is 0.323. The van der Waals surface area contributed by atoms with Crippen molar-refractivity contribution in [3.63, 3.8) is 0 Å². The maximum absolute atomic E-state index is 11.7. The molecular weight excluding hydrogens is 314 g/mol. The lowest BCUT2D eigenvalue weighted by Gasteiger charge is -2.22. The topological polar surface area (TPSA) is 56.1 Å². The first-order valence-corrected chi connectivity index (χ1v) is 7.86. The molecule has 0 spiro atoms. The van der Waals surface area contributed by atoms with E-state index in [9.17, 15) is 4.79 Å². The monoisotopic (exact) mass is 335 g/mol. The molecular formula is C17H22ClN3O2. The molecule has 6 heteroatoms. The molecule has 124 valence electrons. The Labute approximate surface area is 141 Å². The van der Waals surface area contributed by atoms with Gasteiger partial charge in [-0.3, -0.25) is 4.79 Å². The Morgan fingerprint density at radius 3 is 2.70 bits per heavy atom. The van der Waals surface area contributed by atoms with Gasteiger partial charge in [-0.2, -0.15) is 5.10 Å². The van der Waals surface area contributed by atoms with E-state index in [1.165, 1.54) is 10.9 Å². The van der Waals surface area contributed by atoms with Crippen molar-refractivity contribution in [3.05, 3.63) is 51.4 Å². The quantitative estimate of drug-likeness (QED) is 0.852. The van der Waals surface area contributed by atoms with Gasteiger partial charge in [0.2, 0.25) is 0 Å². The van der Waals surface area contributed by atoms with Crippen LogP contribution in [0.25, 0.3) is 0 Å². The molecule has 0 saturated carbocycles. The van der Waals surface area contributed by atoms with Crippen molar-refractivity contribution in [2.24, 2.45) is 7.05 Å². The molecule has 1 aromatic carbocycles. The Morgan fingerprint density at radius 1 is 1.30 bits per heavy atom. The van der Waals surface area contributed by atoms with Crippen LogP contribution in [0.1, 0.15) is 26.3 Å². The van der Waals surface area contributed by atoms with Crippen LogP contribution in [0.4, 0.5) is 5.69 Å². The van der Waals surface area contributed by atoms with Crippen molar-refractivity contribution in [3.8, 4) is 5.75 Å². The van der Waals surface area contributed by atoms with E-state index in [4.69, 9.17) is 16.3 Å². The lowest BCUT2D eigenvalue weighted by atomic mass is 9.86. The zero-order valence-corrected chi connectivity index (χ0v) is 14.6. The van der Waals surface area contributed by atoms with Crippen molar-refractivity contribution >= 4 is 17.3 Å². The number of benzene rings is 1. The summed E-state index contributed by atoms with van der Waals surface area (Å²) < 4.78 is 7.07.